The summed E-state index contributed by atoms with van der Waals surface area (Å²) >= 11 is 0. The number of hydrogen-bond donors (Lipinski definition) is 3. The van der Waals surface area contributed by atoms with E-state index in [1.54, 1.807) is 0 Å². The molecule has 37 heavy (non-hydrogen) atoms. The van der Waals surface area contributed by atoms with Gasteiger partial charge in [-0.15, -0.1) is 0 Å². The van der Waals surface area contributed by atoms with Crippen LogP contribution in [-0.4, -0.2) is 65.0 Å². The smallest absolute Gasteiger partial charge is 0.328 e. The van der Waals surface area contributed by atoms with Gasteiger partial charge in [0.15, 0.2) is 22.7 Å². The predicted molar refractivity (Wildman–Crippen MR) is 132 cm³/mol. The molecule has 1 atom stereocenters. The van der Waals surface area contributed by atoms with Gasteiger partial charge in [-0.3, -0.25) is 9.59 Å². The Labute approximate surface area is 215 Å². The normalized spacial score (nSPS) is 12.8. The highest BCUT2D eigenvalue weighted by molar-refractivity contribution is 5.97. The molecule has 14 heteroatoms. The number of nitriles is 1. The van der Waals surface area contributed by atoms with Crippen molar-refractivity contribution in [3.05, 3.63) is 41.2 Å². The second-order valence-electron chi connectivity index (χ2n) is 7.57. The number of hydrogen-bond acceptors (Lipinski definition) is 13. The molecular weight excluding hydrogens is 482 g/mol. The molecule has 14 nitrogen and oxygen atoms in total. The van der Waals surface area contributed by atoms with Gasteiger partial charge < -0.3 is 31.2 Å². The Morgan fingerprint density at radius 2 is 1.86 bits per heavy atom. The summed E-state index contributed by atoms with van der Waals surface area (Å²) in [5.74, 6) is -2.22. The number of nitrogens with two attached hydrogens (primary N) is 2. The van der Waals surface area contributed by atoms with Crippen molar-refractivity contribution in [1.82, 2.24) is 25.3 Å². The van der Waals surface area contributed by atoms with Crippen molar-refractivity contribution in [2.24, 2.45) is 0 Å². The number of carbonyl (C=O) groups excluding carboxylic acids is 3. The van der Waals surface area contributed by atoms with E-state index in [-0.39, 0.29) is 65.0 Å². The highest BCUT2D eigenvalue weighted by atomic mass is 16.5. The van der Waals surface area contributed by atoms with Crippen LogP contribution in [0.15, 0.2) is 24.3 Å². The molecule has 0 aliphatic carbocycles. The number of aromatic nitrogens is 4. The van der Waals surface area contributed by atoms with Crippen molar-refractivity contribution in [3.63, 3.8) is 0 Å². The van der Waals surface area contributed by atoms with Gasteiger partial charge in [-0.05, 0) is 30.7 Å². The summed E-state index contributed by atoms with van der Waals surface area (Å²) in [6.45, 7) is -3.07. The molecule has 3 rings (SSSR count). The number of benzene rings is 1. The zero-order valence-corrected chi connectivity index (χ0v) is 19.9. The molecule has 0 saturated carbocycles. The van der Waals surface area contributed by atoms with E-state index in [0.717, 1.165) is 12.0 Å². The Hall–Kier alpha value is -5.06. The standard InChI is InChI=1S/C23H25N9O5/c1-32(11-16-15(10-24)28-20-18(27-16)19(25)30-23(26)31-20)13-6-4-12(5-7-13)21(34)29-14(22(35)37-3)8-9-17(33)36-2/h4-7,14H,8-9,11H2,1-3H3,(H,29,34)(H4,25,26,28,30,31)/t14-/m0/s1/i1D3. The van der Waals surface area contributed by atoms with Crippen molar-refractivity contribution in [2.45, 2.75) is 25.4 Å². The maximum absolute atomic E-state index is 12.8. The van der Waals surface area contributed by atoms with Crippen LogP contribution in [0.3, 0.4) is 0 Å². The van der Waals surface area contributed by atoms with Crippen molar-refractivity contribution in [2.75, 3.05) is 37.6 Å². The molecule has 0 radical (unpaired) electrons. The highest BCUT2D eigenvalue weighted by Crippen LogP contribution is 2.21. The van der Waals surface area contributed by atoms with Gasteiger partial charge >= 0.3 is 11.9 Å². The third kappa shape index (κ3) is 6.34. The molecule has 0 unspecified atom stereocenters. The maximum atomic E-state index is 12.8. The average Bonchev–Trinajstić information content (AvgIpc) is 2.92. The molecule has 5 N–H and O–H groups in total. The van der Waals surface area contributed by atoms with E-state index in [1.165, 1.54) is 31.4 Å². The second-order valence-corrected chi connectivity index (χ2v) is 7.57. The van der Waals surface area contributed by atoms with E-state index in [1.807, 2.05) is 6.07 Å². The lowest BCUT2D eigenvalue weighted by atomic mass is 10.1. The lowest BCUT2D eigenvalue weighted by Gasteiger charge is -2.20. The zero-order chi connectivity index (χ0) is 29.6. The minimum absolute atomic E-state index is 0.000424. The number of methoxy groups -OCH3 is 2. The van der Waals surface area contributed by atoms with E-state index >= 15 is 0 Å². The van der Waals surface area contributed by atoms with E-state index in [2.05, 4.69) is 34.7 Å². The Morgan fingerprint density at radius 3 is 2.49 bits per heavy atom. The predicted octanol–water partition coefficient (Wildman–Crippen LogP) is 0.317. The third-order valence-electron chi connectivity index (χ3n) is 5.16. The molecule has 2 aromatic heterocycles. The molecule has 0 spiro atoms. The van der Waals surface area contributed by atoms with Crippen LogP contribution in [0.1, 0.15) is 38.7 Å². The van der Waals surface area contributed by atoms with Crippen LogP contribution < -0.4 is 21.7 Å². The van der Waals surface area contributed by atoms with Gasteiger partial charge in [0.05, 0.1) is 26.5 Å². The van der Waals surface area contributed by atoms with Gasteiger partial charge in [-0.25, -0.2) is 14.8 Å². The fraction of sp³-hybridized carbons (Fsp3) is 0.304. The summed E-state index contributed by atoms with van der Waals surface area (Å²) in [4.78, 5) is 53.4. The summed E-state index contributed by atoms with van der Waals surface area (Å²) in [5, 5.41) is 12.1. The number of carbonyl (C=O) groups is 3. The SMILES string of the molecule is [2H]C([2H])([2H])N(Cc1nc2c(N)nc(N)nc2nc1C#N)c1ccc(C(=O)N[C@@H](CCC(=O)OC)C(=O)OC)cc1. The maximum Gasteiger partial charge on any atom is 0.328 e. The minimum atomic E-state index is -2.69. The van der Waals surface area contributed by atoms with Gasteiger partial charge in [0.25, 0.3) is 5.91 Å². The van der Waals surface area contributed by atoms with E-state index in [0.29, 0.717) is 0 Å². The fourth-order valence-corrected chi connectivity index (χ4v) is 3.25. The first-order chi connectivity index (χ1) is 18.9. The average molecular weight is 511 g/mol. The number of esters is 2. The van der Waals surface area contributed by atoms with Gasteiger partial charge in [0.1, 0.15) is 12.1 Å². The Kier molecular flexibility index (Phi) is 7.01. The van der Waals surface area contributed by atoms with Crippen LogP contribution in [0.2, 0.25) is 0 Å². The molecule has 0 bridgehead atoms. The molecule has 0 saturated heterocycles. The first-order valence-electron chi connectivity index (χ1n) is 12.2. The van der Waals surface area contributed by atoms with Crippen LogP contribution in [0.25, 0.3) is 11.2 Å². The van der Waals surface area contributed by atoms with Gasteiger partial charge in [0, 0.05) is 28.8 Å². The molecule has 1 aromatic carbocycles. The van der Waals surface area contributed by atoms with E-state index in [9.17, 15) is 19.6 Å². The van der Waals surface area contributed by atoms with Crippen molar-refractivity contribution in [1.29, 1.82) is 5.26 Å². The van der Waals surface area contributed by atoms with Crippen LogP contribution >= 0.6 is 0 Å². The summed E-state index contributed by atoms with van der Waals surface area (Å²) < 4.78 is 33.3. The quantitative estimate of drug-likeness (QED) is 0.331. The molecule has 192 valence electrons. The molecule has 0 aliphatic heterocycles. The summed E-state index contributed by atoms with van der Waals surface area (Å²) in [6.07, 6.45) is -0.178. The topological polar surface area (TPSA) is 212 Å². The second kappa shape index (κ2) is 11.6. The molecule has 0 fully saturated rings. The van der Waals surface area contributed by atoms with Crippen molar-refractivity contribution < 1.29 is 28.0 Å². The van der Waals surface area contributed by atoms with Gasteiger partial charge in [0.2, 0.25) is 5.95 Å². The molecular formula is C23H25N9O5. The summed E-state index contributed by atoms with van der Waals surface area (Å²) in [5.41, 5.74) is 11.6. The number of rotatable bonds is 9. The van der Waals surface area contributed by atoms with Crippen molar-refractivity contribution in [3.8, 4) is 6.07 Å². The Bertz CT molecular complexity index is 1480. The summed E-state index contributed by atoms with van der Waals surface area (Å²) in [7, 11) is 2.35. The number of nitrogens with zero attached hydrogens (tertiary/aromatic N) is 6. The summed E-state index contributed by atoms with van der Waals surface area (Å²) in [6, 6.07) is 6.21. The Morgan fingerprint density at radius 1 is 1.14 bits per heavy atom. The largest absolute Gasteiger partial charge is 0.469 e. The molecule has 3 aromatic rings. The van der Waals surface area contributed by atoms with Crippen LogP contribution in [0, 0.1) is 11.3 Å². The number of ether oxygens (including phenoxy) is 2. The molecule has 0 aliphatic rings. The number of fused-ring (bicyclic) bond motifs is 1. The minimum Gasteiger partial charge on any atom is -0.469 e. The zero-order valence-electron chi connectivity index (χ0n) is 22.9. The number of amides is 1. The fourth-order valence-electron chi connectivity index (χ4n) is 3.25. The monoisotopic (exact) mass is 510 g/mol. The first kappa shape index (κ1) is 22.4. The number of nitrogen functional groups attached to an aromatic ring is 2. The lowest BCUT2D eigenvalue weighted by Crippen LogP contribution is -2.41. The van der Waals surface area contributed by atoms with E-state index in [4.69, 9.17) is 15.6 Å². The van der Waals surface area contributed by atoms with Crippen LogP contribution in [0.5, 0.6) is 0 Å². The number of nitrogens with one attached hydrogen (secondary N) is 1. The van der Waals surface area contributed by atoms with Crippen molar-refractivity contribution >= 4 is 46.5 Å². The lowest BCUT2D eigenvalue weighted by molar-refractivity contribution is -0.144. The molecule has 1 amide bonds. The van der Waals surface area contributed by atoms with Crippen LogP contribution in [0.4, 0.5) is 17.5 Å². The third-order valence-corrected chi connectivity index (χ3v) is 5.16. The molecule has 2 heterocycles. The van der Waals surface area contributed by atoms with E-state index < -0.39 is 30.9 Å². The van der Waals surface area contributed by atoms with Gasteiger partial charge in [-0.1, -0.05) is 0 Å². The van der Waals surface area contributed by atoms with Gasteiger partial charge in [-0.2, -0.15) is 15.2 Å². The van der Waals surface area contributed by atoms with Crippen LogP contribution in [-0.2, 0) is 25.6 Å². The first-order valence-corrected chi connectivity index (χ1v) is 10.7. The number of anilines is 3. The Balaban J connectivity index is 1.87. The highest BCUT2D eigenvalue weighted by Gasteiger charge is 2.23.